The lowest BCUT2D eigenvalue weighted by Gasteiger charge is -2.17. The SMILES string of the molecule is OC(C1=CCCCC1)c1csc(Br)c1. The van der Waals surface area contributed by atoms with Gasteiger partial charge in [-0.15, -0.1) is 11.3 Å². The molecule has 0 aromatic carbocycles. The summed E-state index contributed by atoms with van der Waals surface area (Å²) in [5, 5.41) is 12.1. The van der Waals surface area contributed by atoms with Crippen LogP contribution in [-0.2, 0) is 0 Å². The molecule has 1 N–H and O–H groups in total. The average Bonchev–Trinajstić information content (AvgIpc) is 2.65. The van der Waals surface area contributed by atoms with Gasteiger partial charge >= 0.3 is 0 Å². The Morgan fingerprint density at radius 3 is 2.86 bits per heavy atom. The van der Waals surface area contributed by atoms with E-state index in [1.807, 2.05) is 11.4 Å². The summed E-state index contributed by atoms with van der Waals surface area (Å²) in [4.78, 5) is 0. The Morgan fingerprint density at radius 1 is 1.43 bits per heavy atom. The fourth-order valence-corrected chi connectivity index (χ4v) is 2.99. The van der Waals surface area contributed by atoms with Crippen molar-refractivity contribution in [3.05, 3.63) is 32.4 Å². The largest absolute Gasteiger partial charge is 0.384 e. The van der Waals surface area contributed by atoms with Crippen molar-refractivity contribution in [3.8, 4) is 0 Å². The van der Waals surface area contributed by atoms with Gasteiger partial charge in [0.15, 0.2) is 0 Å². The zero-order valence-corrected chi connectivity index (χ0v) is 10.3. The van der Waals surface area contributed by atoms with Gasteiger partial charge in [0, 0.05) is 0 Å². The van der Waals surface area contributed by atoms with E-state index in [9.17, 15) is 5.11 Å². The first kappa shape index (κ1) is 10.4. The zero-order chi connectivity index (χ0) is 9.97. The fraction of sp³-hybridized carbons (Fsp3) is 0.455. The molecule has 1 aliphatic carbocycles. The second kappa shape index (κ2) is 4.60. The van der Waals surface area contributed by atoms with Gasteiger partial charge in [0.05, 0.1) is 3.79 Å². The van der Waals surface area contributed by atoms with Crippen LogP contribution >= 0.6 is 27.3 Å². The van der Waals surface area contributed by atoms with E-state index in [4.69, 9.17) is 0 Å². The second-order valence-electron chi connectivity index (χ2n) is 3.61. The molecule has 0 saturated heterocycles. The lowest BCUT2D eigenvalue weighted by atomic mass is 9.93. The Bertz CT molecular complexity index is 343. The number of thiophene rings is 1. The molecule has 0 saturated carbocycles. The van der Waals surface area contributed by atoms with Crippen LogP contribution in [0.2, 0.25) is 0 Å². The average molecular weight is 273 g/mol. The molecule has 0 fully saturated rings. The predicted octanol–water partition coefficient (Wildman–Crippen LogP) is 4.04. The molecule has 0 spiro atoms. The van der Waals surface area contributed by atoms with Gasteiger partial charge in [0.2, 0.25) is 0 Å². The van der Waals surface area contributed by atoms with Crippen molar-refractivity contribution >= 4 is 27.3 Å². The van der Waals surface area contributed by atoms with Gasteiger partial charge in [-0.05, 0) is 64.2 Å². The maximum absolute atomic E-state index is 10.1. The number of hydrogen-bond donors (Lipinski definition) is 1. The molecule has 1 atom stereocenters. The molecule has 1 unspecified atom stereocenters. The number of aliphatic hydroxyl groups is 1. The third-order valence-electron chi connectivity index (χ3n) is 2.58. The topological polar surface area (TPSA) is 20.2 Å². The minimum absolute atomic E-state index is 0.377. The maximum Gasteiger partial charge on any atom is 0.101 e. The molecule has 0 aliphatic heterocycles. The molecule has 2 rings (SSSR count). The van der Waals surface area contributed by atoms with E-state index in [0.29, 0.717) is 0 Å². The Hall–Kier alpha value is -0.120. The number of rotatable bonds is 2. The van der Waals surface area contributed by atoms with E-state index < -0.39 is 0 Å². The van der Waals surface area contributed by atoms with Crippen molar-refractivity contribution < 1.29 is 5.11 Å². The molecular weight excluding hydrogens is 260 g/mol. The van der Waals surface area contributed by atoms with Crippen LogP contribution in [0, 0.1) is 0 Å². The minimum Gasteiger partial charge on any atom is -0.384 e. The number of halogens is 1. The molecular formula is C11H13BrOS. The first-order chi connectivity index (χ1) is 6.77. The van der Waals surface area contributed by atoms with Crippen LogP contribution in [0.3, 0.4) is 0 Å². The van der Waals surface area contributed by atoms with Crippen molar-refractivity contribution in [2.45, 2.75) is 31.8 Å². The quantitative estimate of drug-likeness (QED) is 0.806. The Kier molecular flexibility index (Phi) is 3.42. The Labute approximate surface area is 96.6 Å². The minimum atomic E-state index is -0.377. The smallest absolute Gasteiger partial charge is 0.101 e. The maximum atomic E-state index is 10.1. The number of hydrogen-bond acceptors (Lipinski definition) is 2. The highest BCUT2D eigenvalue weighted by molar-refractivity contribution is 9.11. The van der Waals surface area contributed by atoms with Gasteiger partial charge < -0.3 is 5.11 Å². The van der Waals surface area contributed by atoms with Crippen LogP contribution in [0.4, 0.5) is 0 Å². The Morgan fingerprint density at radius 2 is 2.29 bits per heavy atom. The van der Waals surface area contributed by atoms with Crippen LogP contribution in [-0.4, -0.2) is 5.11 Å². The van der Waals surface area contributed by atoms with E-state index in [1.54, 1.807) is 11.3 Å². The van der Waals surface area contributed by atoms with Crippen molar-refractivity contribution in [2.75, 3.05) is 0 Å². The van der Waals surface area contributed by atoms with Crippen molar-refractivity contribution in [3.63, 3.8) is 0 Å². The molecule has 1 nitrogen and oxygen atoms in total. The van der Waals surface area contributed by atoms with Gasteiger partial charge in [-0.1, -0.05) is 6.08 Å². The highest BCUT2D eigenvalue weighted by Crippen LogP contribution is 2.33. The summed E-state index contributed by atoms with van der Waals surface area (Å²) in [5.41, 5.74) is 2.22. The van der Waals surface area contributed by atoms with E-state index >= 15 is 0 Å². The van der Waals surface area contributed by atoms with Gasteiger partial charge in [0.1, 0.15) is 6.10 Å². The molecule has 0 radical (unpaired) electrons. The monoisotopic (exact) mass is 272 g/mol. The number of aliphatic hydroxyl groups excluding tert-OH is 1. The third-order valence-corrected chi connectivity index (χ3v) is 4.10. The molecule has 14 heavy (non-hydrogen) atoms. The molecule has 1 aliphatic rings. The van der Waals surface area contributed by atoms with Crippen LogP contribution < -0.4 is 0 Å². The van der Waals surface area contributed by atoms with Gasteiger partial charge in [0.25, 0.3) is 0 Å². The van der Waals surface area contributed by atoms with Crippen LogP contribution in [0.15, 0.2) is 26.9 Å². The molecule has 1 aromatic heterocycles. The van der Waals surface area contributed by atoms with Gasteiger partial charge in [-0.3, -0.25) is 0 Å². The summed E-state index contributed by atoms with van der Waals surface area (Å²) >= 11 is 5.04. The van der Waals surface area contributed by atoms with Gasteiger partial charge in [-0.2, -0.15) is 0 Å². The van der Waals surface area contributed by atoms with Crippen molar-refractivity contribution in [2.24, 2.45) is 0 Å². The molecule has 1 heterocycles. The molecule has 76 valence electrons. The fourth-order valence-electron chi connectivity index (χ4n) is 1.79. The van der Waals surface area contributed by atoms with E-state index in [0.717, 1.165) is 22.2 Å². The summed E-state index contributed by atoms with van der Waals surface area (Å²) < 4.78 is 1.09. The zero-order valence-electron chi connectivity index (χ0n) is 7.87. The molecule has 0 amide bonds. The van der Waals surface area contributed by atoms with E-state index in [-0.39, 0.29) is 6.10 Å². The van der Waals surface area contributed by atoms with Crippen LogP contribution in [0.25, 0.3) is 0 Å². The number of allylic oxidation sites excluding steroid dienone is 1. The van der Waals surface area contributed by atoms with Gasteiger partial charge in [-0.25, -0.2) is 0 Å². The Balaban J connectivity index is 2.14. The van der Waals surface area contributed by atoms with E-state index in [1.165, 1.54) is 18.4 Å². The predicted molar refractivity (Wildman–Crippen MR) is 63.5 cm³/mol. The standard InChI is InChI=1S/C11H13BrOS/c12-10-6-9(7-14-10)11(13)8-4-2-1-3-5-8/h4,6-7,11,13H,1-3,5H2. The molecule has 3 heteroatoms. The summed E-state index contributed by atoms with van der Waals surface area (Å²) in [6.45, 7) is 0. The first-order valence-electron chi connectivity index (χ1n) is 4.88. The lowest BCUT2D eigenvalue weighted by Crippen LogP contribution is -2.03. The lowest BCUT2D eigenvalue weighted by molar-refractivity contribution is 0.209. The highest BCUT2D eigenvalue weighted by atomic mass is 79.9. The first-order valence-corrected chi connectivity index (χ1v) is 6.55. The van der Waals surface area contributed by atoms with E-state index in [2.05, 4.69) is 22.0 Å². The summed E-state index contributed by atoms with van der Waals surface area (Å²) in [6.07, 6.45) is 6.47. The van der Waals surface area contributed by atoms with Crippen LogP contribution in [0.1, 0.15) is 37.4 Å². The van der Waals surface area contributed by atoms with Crippen molar-refractivity contribution in [1.29, 1.82) is 0 Å². The highest BCUT2D eigenvalue weighted by Gasteiger charge is 2.16. The molecule has 0 bridgehead atoms. The van der Waals surface area contributed by atoms with Crippen molar-refractivity contribution in [1.82, 2.24) is 0 Å². The summed E-state index contributed by atoms with van der Waals surface area (Å²) in [5.74, 6) is 0. The van der Waals surface area contributed by atoms with Crippen LogP contribution in [0.5, 0.6) is 0 Å². The third kappa shape index (κ3) is 2.27. The summed E-state index contributed by atoms with van der Waals surface area (Å²) in [6, 6.07) is 2.00. The summed E-state index contributed by atoms with van der Waals surface area (Å²) in [7, 11) is 0. The second-order valence-corrected chi connectivity index (χ2v) is 5.90. The normalized spacial score (nSPS) is 19.1. The molecule has 1 aromatic rings.